The number of para-hydroxylation sites is 2. The standard InChI is InChI=1S/C26H26N4O8/c27-17(9-13-11-29-19-7-3-1-5-15(13)19)23(33)37-25(35)21(31)22(32)26(36)38-24(34)18(28)10-14-12-30-20-8-4-2-6-16(14)20/h1-8,11-12,17-18,21-22,29-32H,9-10,27-28H2/t17-,18-,21?,22?/m1/s1. The molecule has 4 aromatic rings. The highest BCUT2D eigenvalue weighted by Gasteiger charge is 2.37. The Kier molecular flexibility index (Phi) is 7.98. The van der Waals surface area contributed by atoms with Gasteiger partial charge < -0.3 is 41.1 Å². The summed E-state index contributed by atoms with van der Waals surface area (Å²) in [6.45, 7) is 0. The van der Waals surface area contributed by atoms with Gasteiger partial charge in [-0.05, 0) is 23.3 Å². The summed E-state index contributed by atoms with van der Waals surface area (Å²) >= 11 is 0. The third-order valence-electron chi connectivity index (χ3n) is 6.02. The molecule has 0 bridgehead atoms. The second-order valence-electron chi connectivity index (χ2n) is 8.71. The van der Waals surface area contributed by atoms with Crippen LogP contribution in [0.5, 0.6) is 0 Å². The van der Waals surface area contributed by atoms with Crippen LogP contribution in [0.2, 0.25) is 0 Å². The maximum atomic E-state index is 12.3. The molecular weight excluding hydrogens is 496 g/mol. The normalized spacial score (nSPS) is 14.5. The second kappa shape index (κ2) is 11.4. The van der Waals surface area contributed by atoms with Gasteiger partial charge >= 0.3 is 23.9 Å². The van der Waals surface area contributed by atoms with Gasteiger partial charge in [0.1, 0.15) is 12.1 Å². The minimum atomic E-state index is -2.51. The number of aliphatic hydroxyl groups excluding tert-OH is 2. The SMILES string of the molecule is N[C@H](Cc1c[nH]c2ccccc12)C(=O)OC(=O)C(O)C(O)C(=O)OC(=O)[C@H](N)Cc1c[nH]c2ccccc12. The summed E-state index contributed by atoms with van der Waals surface area (Å²) in [6, 6.07) is 12.0. The van der Waals surface area contributed by atoms with Crippen LogP contribution in [0.4, 0.5) is 0 Å². The number of aromatic nitrogens is 2. The lowest BCUT2D eigenvalue weighted by Gasteiger charge is -2.17. The van der Waals surface area contributed by atoms with Crippen LogP contribution in [0.15, 0.2) is 60.9 Å². The first-order valence-electron chi connectivity index (χ1n) is 11.6. The summed E-state index contributed by atoms with van der Waals surface area (Å²) in [6.07, 6.45) is -1.67. The van der Waals surface area contributed by atoms with Crippen molar-refractivity contribution in [1.82, 2.24) is 9.97 Å². The molecule has 12 nitrogen and oxygen atoms in total. The van der Waals surface area contributed by atoms with Crippen molar-refractivity contribution < 1.29 is 38.9 Å². The van der Waals surface area contributed by atoms with Crippen LogP contribution in [0.3, 0.4) is 0 Å². The van der Waals surface area contributed by atoms with E-state index in [0.717, 1.165) is 21.8 Å². The van der Waals surface area contributed by atoms with Crippen LogP contribution in [0, 0.1) is 0 Å². The van der Waals surface area contributed by atoms with E-state index in [0.29, 0.717) is 11.1 Å². The van der Waals surface area contributed by atoms with Crippen molar-refractivity contribution in [3.8, 4) is 0 Å². The van der Waals surface area contributed by atoms with E-state index in [4.69, 9.17) is 11.5 Å². The number of aromatic amines is 2. The Balaban J connectivity index is 1.28. The largest absolute Gasteiger partial charge is 0.390 e. The maximum absolute atomic E-state index is 12.3. The predicted octanol–water partition coefficient (Wildman–Crippen LogP) is -0.0496. The van der Waals surface area contributed by atoms with Gasteiger partial charge in [0.25, 0.3) is 0 Å². The van der Waals surface area contributed by atoms with Crippen molar-refractivity contribution >= 4 is 45.7 Å². The lowest BCUT2D eigenvalue weighted by atomic mass is 10.1. The molecule has 0 aliphatic heterocycles. The topological polar surface area (TPSA) is 211 Å². The van der Waals surface area contributed by atoms with E-state index >= 15 is 0 Å². The Morgan fingerprint density at radius 3 is 1.42 bits per heavy atom. The fourth-order valence-corrected chi connectivity index (χ4v) is 3.97. The number of ether oxygens (including phenoxy) is 2. The molecule has 198 valence electrons. The summed E-state index contributed by atoms with van der Waals surface area (Å²) in [4.78, 5) is 54.9. The number of rotatable bonds is 9. The molecule has 0 aliphatic carbocycles. The molecule has 0 saturated heterocycles. The number of hydrogen-bond donors (Lipinski definition) is 6. The maximum Gasteiger partial charge on any atom is 0.346 e. The van der Waals surface area contributed by atoms with E-state index in [2.05, 4.69) is 19.4 Å². The number of esters is 4. The van der Waals surface area contributed by atoms with Crippen molar-refractivity contribution in [2.45, 2.75) is 37.1 Å². The third kappa shape index (κ3) is 5.79. The highest BCUT2D eigenvalue weighted by Crippen LogP contribution is 2.20. The smallest absolute Gasteiger partial charge is 0.346 e. The Bertz CT molecular complexity index is 1380. The Labute approximate surface area is 215 Å². The summed E-state index contributed by atoms with van der Waals surface area (Å²) < 4.78 is 9.05. The lowest BCUT2D eigenvalue weighted by Crippen LogP contribution is -2.46. The number of H-pyrrole nitrogens is 2. The van der Waals surface area contributed by atoms with Gasteiger partial charge in [-0.3, -0.25) is 0 Å². The molecule has 0 radical (unpaired) electrons. The molecule has 4 atom stereocenters. The van der Waals surface area contributed by atoms with Crippen LogP contribution in [-0.2, 0) is 41.5 Å². The Hall–Kier alpha value is -4.36. The summed E-state index contributed by atoms with van der Waals surface area (Å²) in [7, 11) is 0. The van der Waals surface area contributed by atoms with E-state index < -0.39 is 48.2 Å². The summed E-state index contributed by atoms with van der Waals surface area (Å²) in [5.74, 6) is -5.64. The van der Waals surface area contributed by atoms with E-state index in [1.807, 2.05) is 48.5 Å². The van der Waals surface area contributed by atoms with Gasteiger partial charge in [0.05, 0.1) is 0 Å². The molecule has 0 spiro atoms. The number of nitrogens with two attached hydrogens (primary N) is 2. The molecule has 2 aromatic carbocycles. The highest BCUT2D eigenvalue weighted by atomic mass is 16.6. The quantitative estimate of drug-likeness (QED) is 0.127. The van der Waals surface area contributed by atoms with Crippen LogP contribution >= 0.6 is 0 Å². The lowest BCUT2D eigenvalue weighted by molar-refractivity contribution is -0.181. The van der Waals surface area contributed by atoms with Crippen molar-refractivity contribution in [2.75, 3.05) is 0 Å². The minimum Gasteiger partial charge on any atom is -0.390 e. The molecule has 0 saturated carbocycles. The minimum absolute atomic E-state index is 0.0135. The first-order chi connectivity index (χ1) is 18.2. The molecule has 38 heavy (non-hydrogen) atoms. The molecule has 0 amide bonds. The average molecular weight is 523 g/mol. The van der Waals surface area contributed by atoms with Crippen molar-refractivity contribution in [1.29, 1.82) is 0 Å². The number of aliphatic hydroxyl groups is 2. The van der Waals surface area contributed by atoms with Gasteiger partial charge in [-0.15, -0.1) is 0 Å². The van der Waals surface area contributed by atoms with E-state index in [-0.39, 0.29) is 12.8 Å². The molecule has 12 heteroatoms. The van der Waals surface area contributed by atoms with Crippen molar-refractivity contribution in [3.63, 3.8) is 0 Å². The number of carbonyl (C=O) groups is 4. The predicted molar refractivity (Wildman–Crippen MR) is 134 cm³/mol. The Morgan fingerprint density at radius 2 is 1.03 bits per heavy atom. The number of fused-ring (bicyclic) bond motifs is 2. The molecule has 0 aliphatic rings. The fraction of sp³-hybridized carbons (Fsp3) is 0.231. The molecule has 2 heterocycles. The van der Waals surface area contributed by atoms with Gasteiger partial charge in [0.2, 0.25) is 0 Å². The molecule has 2 unspecified atom stereocenters. The number of nitrogens with one attached hydrogen (secondary N) is 2. The van der Waals surface area contributed by atoms with Gasteiger partial charge in [-0.2, -0.15) is 0 Å². The van der Waals surface area contributed by atoms with Gasteiger partial charge in [0, 0.05) is 47.0 Å². The first-order valence-corrected chi connectivity index (χ1v) is 11.6. The monoisotopic (exact) mass is 522 g/mol. The zero-order valence-corrected chi connectivity index (χ0v) is 20.0. The van der Waals surface area contributed by atoms with Gasteiger partial charge in [0.15, 0.2) is 12.2 Å². The second-order valence-corrected chi connectivity index (χ2v) is 8.71. The number of carbonyl (C=O) groups excluding carboxylic acids is 4. The molecule has 8 N–H and O–H groups in total. The van der Waals surface area contributed by atoms with Crippen LogP contribution in [-0.4, -0.2) is 68.3 Å². The molecule has 2 aromatic heterocycles. The molecule has 0 fully saturated rings. The van der Waals surface area contributed by atoms with E-state index in [1.54, 1.807) is 12.4 Å². The third-order valence-corrected chi connectivity index (χ3v) is 6.02. The molecule has 4 rings (SSSR count). The van der Waals surface area contributed by atoms with Crippen LogP contribution in [0.25, 0.3) is 21.8 Å². The number of benzene rings is 2. The zero-order valence-electron chi connectivity index (χ0n) is 20.0. The highest BCUT2D eigenvalue weighted by molar-refractivity contribution is 5.96. The van der Waals surface area contributed by atoms with E-state index in [9.17, 15) is 29.4 Å². The summed E-state index contributed by atoms with van der Waals surface area (Å²) in [5, 5.41) is 21.6. The van der Waals surface area contributed by atoms with Crippen molar-refractivity contribution in [3.05, 3.63) is 72.1 Å². The van der Waals surface area contributed by atoms with Crippen molar-refractivity contribution in [2.24, 2.45) is 11.5 Å². The number of hydrogen-bond acceptors (Lipinski definition) is 10. The summed E-state index contributed by atoms with van der Waals surface area (Å²) in [5.41, 5.74) is 14.7. The van der Waals surface area contributed by atoms with Crippen LogP contribution in [0.1, 0.15) is 11.1 Å². The zero-order chi connectivity index (χ0) is 27.4. The fourth-order valence-electron chi connectivity index (χ4n) is 3.97. The van der Waals surface area contributed by atoms with E-state index in [1.165, 1.54) is 0 Å². The van der Waals surface area contributed by atoms with Gasteiger partial charge in [-0.25, -0.2) is 19.2 Å². The van der Waals surface area contributed by atoms with Gasteiger partial charge in [-0.1, -0.05) is 36.4 Å². The molecular formula is C26H26N4O8. The Morgan fingerprint density at radius 1 is 0.658 bits per heavy atom. The average Bonchev–Trinajstić information content (AvgIpc) is 3.51. The first kappa shape index (κ1) is 26.7. The van der Waals surface area contributed by atoms with Crippen LogP contribution < -0.4 is 11.5 Å².